The summed E-state index contributed by atoms with van der Waals surface area (Å²) in [5.74, 6) is -1.66. The molecular weight excluding hydrogens is 498 g/mol. The molecule has 0 radical (unpaired) electrons. The van der Waals surface area contributed by atoms with Gasteiger partial charge in [-0.25, -0.2) is 4.79 Å². The zero-order valence-corrected chi connectivity index (χ0v) is 24.4. The molecule has 1 aliphatic heterocycles. The highest BCUT2D eigenvalue weighted by molar-refractivity contribution is 6.38. The molecule has 0 aromatic carbocycles. The molecule has 4 N–H and O–H groups in total. The molecule has 4 rings (SSSR count). The highest BCUT2D eigenvalue weighted by atomic mass is 16.2. The van der Waals surface area contributed by atoms with Crippen LogP contribution in [0.3, 0.4) is 0 Å². The minimum Gasteiger partial charge on any atom is -0.353 e. The molecule has 10 nitrogen and oxygen atoms in total. The average Bonchev–Trinajstić information content (AvgIpc) is 3.73. The minimum absolute atomic E-state index is 0.0465. The number of nitrogens with zero attached hydrogens (tertiary/aromatic N) is 1. The molecule has 1 heterocycles. The molecule has 5 atom stereocenters. The van der Waals surface area contributed by atoms with Gasteiger partial charge in [0.05, 0.1) is 6.04 Å². The largest absolute Gasteiger partial charge is 0.353 e. The first kappa shape index (κ1) is 29.3. The number of likely N-dealkylation sites (tertiary alicyclic amines) is 1. The molecule has 0 aromatic rings. The third kappa shape index (κ3) is 6.40. The van der Waals surface area contributed by atoms with Crippen molar-refractivity contribution in [3.63, 3.8) is 0 Å². The Balaban J connectivity index is 1.51. The van der Waals surface area contributed by atoms with E-state index in [4.69, 9.17) is 0 Å². The predicted octanol–water partition coefficient (Wildman–Crippen LogP) is 2.12. The van der Waals surface area contributed by atoms with Crippen LogP contribution in [0.25, 0.3) is 0 Å². The van der Waals surface area contributed by atoms with E-state index in [-0.39, 0.29) is 35.2 Å². The number of carbonyl (C=O) groups excluding carboxylic acids is 5. The summed E-state index contributed by atoms with van der Waals surface area (Å²) in [7, 11) is 1.40. The quantitative estimate of drug-likeness (QED) is 0.329. The summed E-state index contributed by atoms with van der Waals surface area (Å²) in [6.07, 6.45) is 7.58. The van der Waals surface area contributed by atoms with E-state index in [1.807, 2.05) is 20.8 Å². The lowest BCUT2D eigenvalue weighted by Crippen LogP contribution is -2.61. The van der Waals surface area contributed by atoms with Gasteiger partial charge in [-0.2, -0.15) is 0 Å². The van der Waals surface area contributed by atoms with E-state index >= 15 is 0 Å². The van der Waals surface area contributed by atoms with Crippen molar-refractivity contribution in [1.82, 2.24) is 26.2 Å². The lowest BCUT2D eigenvalue weighted by Gasteiger charge is -2.38. The van der Waals surface area contributed by atoms with E-state index in [1.54, 1.807) is 4.90 Å². The Bertz CT molecular complexity index is 995. The smallest absolute Gasteiger partial charge is 0.315 e. The number of ketones is 1. The minimum atomic E-state index is -0.916. The number of amides is 5. The van der Waals surface area contributed by atoms with Gasteiger partial charge in [0.2, 0.25) is 17.6 Å². The number of likely N-dealkylation sites (N-methyl/N-ethyl adjacent to an activating group) is 1. The molecule has 39 heavy (non-hydrogen) atoms. The van der Waals surface area contributed by atoms with Crippen LogP contribution in [0, 0.1) is 28.6 Å². The molecule has 218 valence electrons. The molecule has 3 saturated carbocycles. The summed E-state index contributed by atoms with van der Waals surface area (Å²) < 4.78 is 0. The van der Waals surface area contributed by atoms with Gasteiger partial charge in [-0.1, -0.05) is 66.7 Å². The maximum atomic E-state index is 14.0. The Kier molecular flexibility index (Phi) is 8.34. The topological polar surface area (TPSA) is 137 Å². The standard InChI is InChI=1S/C29H47N5O5/c1-28(2,3)23(33-27(39)31-17-10-8-7-9-11-17)26(38)34-15-18-20(29(18,4)5)21(34)24(36)32-19(14-16-12-13-16)22(35)25(37)30-6/h16-21,23H,7-15H2,1-6H3,(H,30,37)(H,32,36)(H2,31,33,39)/t18-,19?,20-,21-,23+/m0/s1. The fraction of sp³-hybridized carbons (Fsp3) is 0.828. The Morgan fingerprint density at radius 3 is 2.15 bits per heavy atom. The van der Waals surface area contributed by atoms with Crippen LogP contribution < -0.4 is 21.3 Å². The number of urea groups is 1. The average molecular weight is 546 g/mol. The fourth-order valence-electron chi connectivity index (χ4n) is 6.69. The van der Waals surface area contributed by atoms with Gasteiger partial charge < -0.3 is 26.2 Å². The number of carbonyl (C=O) groups is 5. The molecule has 3 aliphatic carbocycles. The van der Waals surface area contributed by atoms with E-state index in [2.05, 4.69) is 35.1 Å². The van der Waals surface area contributed by atoms with Crippen LogP contribution in [-0.2, 0) is 19.2 Å². The second kappa shape index (κ2) is 11.1. The van der Waals surface area contributed by atoms with Gasteiger partial charge >= 0.3 is 6.03 Å². The maximum Gasteiger partial charge on any atom is 0.315 e. The molecule has 10 heteroatoms. The lowest BCUT2D eigenvalue weighted by molar-refractivity contribution is -0.145. The van der Waals surface area contributed by atoms with Gasteiger partial charge in [0.25, 0.3) is 5.91 Å². The van der Waals surface area contributed by atoms with Gasteiger partial charge in [-0.3, -0.25) is 19.2 Å². The second-order valence-corrected chi connectivity index (χ2v) is 13.8. The molecule has 5 amide bonds. The molecule has 0 aromatic heterocycles. The Morgan fingerprint density at radius 2 is 1.59 bits per heavy atom. The summed E-state index contributed by atoms with van der Waals surface area (Å²) in [6, 6.07) is -2.76. The van der Waals surface area contributed by atoms with Crippen molar-refractivity contribution in [2.24, 2.45) is 28.6 Å². The van der Waals surface area contributed by atoms with Gasteiger partial charge in [0, 0.05) is 19.6 Å². The van der Waals surface area contributed by atoms with Crippen molar-refractivity contribution in [2.75, 3.05) is 13.6 Å². The number of Topliss-reactive ketones (excluding diaryl/α,β-unsaturated/α-hetero) is 1. The maximum absolute atomic E-state index is 14.0. The monoisotopic (exact) mass is 545 g/mol. The van der Waals surface area contributed by atoms with Crippen molar-refractivity contribution in [3.05, 3.63) is 0 Å². The summed E-state index contributed by atoms with van der Waals surface area (Å²) >= 11 is 0. The number of rotatable bonds is 9. The number of fused-ring (bicyclic) bond motifs is 1. The highest BCUT2D eigenvalue weighted by Crippen LogP contribution is 2.65. The van der Waals surface area contributed by atoms with E-state index < -0.39 is 41.1 Å². The van der Waals surface area contributed by atoms with Crippen molar-refractivity contribution < 1.29 is 24.0 Å². The van der Waals surface area contributed by atoms with Gasteiger partial charge in [0.15, 0.2) is 0 Å². The Morgan fingerprint density at radius 1 is 0.949 bits per heavy atom. The number of hydrogen-bond acceptors (Lipinski definition) is 5. The number of nitrogens with one attached hydrogen (secondary N) is 4. The summed E-state index contributed by atoms with van der Waals surface area (Å²) in [6.45, 7) is 10.3. The Labute approximate surface area is 232 Å². The van der Waals surface area contributed by atoms with Crippen molar-refractivity contribution in [1.29, 1.82) is 0 Å². The van der Waals surface area contributed by atoms with Crippen molar-refractivity contribution in [3.8, 4) is 0 Å². The van der Waals surface area contributed by atoms with Crippen LogP contribution in [0.4, 0.5) is 4.79 Å². The molecule has 4 aliphatic rings. The van der Waals surface area contributed by atoms with Crippen LogP contribution in [0.2, 0.25) is 0 Å². The second-order valence-electron chi connectivity index (χ2n) is 13.8. The zero-order valence-electron chi connectivity index (χ0n) is 24.4. The van der Waals surface area contributed by atoms with Gasteiger partial charge in [-0.05, 0) is 47.8 Å². The third-order valence-electron chi connectivity index (χ3n) is 9.44. The molecule has 0 spiro atoms. The van der Waals surface area contributed by atoms with Crippen LogP contribution in [0.5, 0.6) is 0 Å². The van der Waals surface area contributed by atoms with Gasteiger partial charge in [-0.15, -0.1) is 0 Å². The molecule has 1 saturated heterocycles. The van der Waals surface area contributed by atoms with E-state index in [0.717, 1.165) is 38.5 Å². The predicted molar refractivity (Wildman–Crippen MR) is 146 cm³/mol. The molecule has 1 unspecified atom stereocenters. The van der Waals surface area contributed by atoms with E-state index in [1.165, 1.54) is 13.5 Å². The summed E-state index contributed by atoms with van der Waals surface area (Å²) in [5, 5.41) is 11.2. The van der Waals surface area contributed by atoms with Crippen LogP contribution in [0.15, 0.2) is 0 Å². The van der Waals surface area contributed by atoms with E-state index in [0.29, 0.717) is 18.9 Å². The van der Waals surface area contributed by atoms with Crippen LogP contribution >= 0.6 is 0 Å². The third-order valence-corrected chi connectivity index (χ3v) is 9.44. The van der Waals surface area contributed by atoms with Crippen LogP contribution in [0.1, 0.15) is 86.0 Å². The lowest BCUT2D eigenvalue weighted by atomic mass is 9.85. The highest BCUT2D eigenvalue weighted by Gasteiger charge is 2.70. The van der Waals surface area contributed by atoms with Crippen LogP contribution in [-0.4, -0.2) is 72.2 Å². The SMILES string of the molecule is CNC(=O)C(=O)C(CC1CC1)NC(=O)[C@@H]1[C@@H]2[C@H](CN1C(=O)[C@@H](NC(=O)NC1CCCCC1)C(C)(C)C)C2(C)C. The molecule has 0 bridgehead atoms. The van der Waals surface area contributed by atoms with Crippen molar-refractivity contribution in [2.45, 2.75) is 110 Å². The summed E-state index contributed by atoms with van der Waals surface area (Å²) in [4.78, 5) is 67.3. The normalized spacial score (nSPS) is 27.5. The zero-order chi connectivity index (χ0) is 28.7. The number of piperidine rings is 1. The van der Waals surface area contributed by atoms with Gasteiger partial charge in [0.1, 0.15) is 12.1 Å². The fourth-order valence-corrected chi connectivity index (χ4v) is 6.69. The first-order valence-corrected chi connectivity index (χ1v) is 14.7. The Hall–Kier alpha value is -2.65. The first-order valence-electron chi connectivity index (χ1n) is 14.7. The summed E-state index contributed by atoms with van der Waals surface area (Å²) in [5.41, 5.74) is -0.702. The molecule has 4 fully saturated rings. The number of hydrogen-bond donors (Lipinski definition) is 4. The molecular formula is C29H47N5O5. The first-order chi connectivity index (χ1) is 18.3. The van der Waals surface area contributed by atoms with E-state index in [9.17, 15) is 24.0 Å². The van der Waals surface area contributed by atoms with Crippen molar-refractivity contribution >= 4 is 29.5 Å².